The van der Waals surface area contributed by atoms with E-state index in [1.54, 1.807) is 0 Å². The Morgan fingerprint density at radius 2 is 1.74 bits per heavy atom. The molecule has 0 unspecified atom stereocenters. The summed E-state index contributed by atoms with van der Waals surface area (Å²) in [6.07, 6.45) is -9.57. The van der Waals surface area contributed by atoms with E-state index in [2.05, 4.69) is 9.97 Å². The zero-order valence-electron chi connectivity index (χ0n) is 14.4. The maximum Gasteiger partial charge on any atom is 0.459 e. The highest BCUT2D eigenvalue weighted by Crippen LogP contribution is 2.46. The van der Waals surface area contributed by atoms with Crippen molar-refractivity contribution in [1.29, 1.82) is 0 Å². The second-order valence-corrected chi connectivity index (χ2v) is 6.18. The fourth-order valence-electron chi connectivity index (χ4n) is 2.26. The van der Waals surface area contributed by atoms with E-state index in [9.17, 15) is 39.9 Å². The van der Waals surface area contributed by atoms with Gasteiger partial charge in [0, 0.05) is 0 Å². The topological polar surface area (TPSA) is 81.0 Å². The first kappa shape index (κ1) is 22.5. The Bertz CT molecular complexity index is 1160. The van der Waals surface area contributed by atoms with Gasteiger partial charge in [-0.1, -0.05) is 11.6 Å². The summed E-state index contributed by atoms with van der Waals surface area (Å²) in [5.74, 6) is -9.60. The fraction of sp³-hybridized carbons (Fsp3) is 0.188. The number of oxazole rings is 1. The molecular formula is C16H6ClF8N3O3. The van der Waals surface area contributed by atoms with Crippen LogP contribution in [-0.4, -0.2) is 21.1 Å². The van der Waals surface area contributed by atoms with E-state index in [1.807, 2.05) is 4.98 Å². The number of benzene rings is 1. The molecule has 3 aromatic rings. The smallest absolute Gasteiger partial charge is 0.449 e. The molecule has 0 saturated heterocycles. The molecule has 0 bridgehead atoms. The Morgan fingerprint density at radius 1 is 1.06 bits per heavy atom. The van der Waals surface area contributed by atoms with E-state index in [0.29, 0.717) is 6.07 Å². The molecule has 0 amide bonds. The van der Waals surface area contributed by atoms with Crippen LogP contribution < -0.4 is 10.3 Å². The molecule has 166 valence electrons. The molecule has 0 atom stereocenters. The van der Waals surface area contributed by atoms with Crippen molar-refractivity contribution in [2.75, 3.05) is 0 Å². The van der Waals surface area contributed by atoms with Gasteiger partial charge >= 0.3 is 18.3 Å². The third-order valence-electron chi connectivity index (χ3n) is 3.66. The molecule has 6 nitrogen and oxygen atoms in total. The summed E-state index contributed by atoms with van der Waals surface area (Å²) in [6.45, 7) is 0. The number of ether oxygens (including phenoxy) is 1. The van der Waals surface area contributed by atoms with E-state index in [1.165, 1.54) is 0 Å². The van der Waals surface area contributed by atoms with E-state index in [0.717, 1.165) is 18.7 Å². The van der Waals surface area contributed by atoms with Crippen molar-refractivity contribution in [3.05, 3.63) is 57.4 Å². The lowest BCUT2D eigenvalue weighted by molar-refractivity contribution is -0.291. The molecule has 2 aromatic heterocycles. The lowest BCUT2D eigenvalue weighted by Gasteiger charge is -2.21. The summed E-state index contributed by atoms with van der Waals surface area (Å²) >= 11 is 5.42. The molecule has 1 aromatic carbocycles. The lowest BCUT2D eigenvalue weighted by Crippen LogP contribution is -2.36. The molecule has 3 rings (SSSR count). The van der Waals surface area contributed by atoms with E-state index in [4.69, 9.17) is 20.8 Å². The summed E-state index contributed by atoms with van der Waals surface area (Å²) in [6, 6.07) is 1.62. The van der Waals surface area contributed by atoms with Crippen LogP contribution in [0.4, 0.5) is 35.1 Å². The van der Waals surface area contributed by atoms with Gasteiger partial charge in [-0.3, -0.25) is 4.79 Å². The summed E-state index contributed by atoms with van der Waals surface area (Å²) in [5, 5.41) is -0.798. The highest BCUT2D eigenvalue weighted by Gasteiger charge is 2.62. The number of hydrogen-bond acceptors (Lipinski definition) is 5. The number of aromatic nitrogens is 3. The zero-order chi connectivity index (χ0) is 23.2. The molecule has 0 radical (unpaired) electrons. The van der Waals surface area contributed by atoms with Crippen molar-refractivity contribution in [2.24, 2.45) is 0 Å². The number of hydrogen-bond donors (Lipinski definition) is 1. The van der Waals surface area contributed by atoms with Crippen LogP contribution in [0.15, 0.2) is 40.0 Å². The van der Waals surface area contributed by atoms with Gasteiger partial charge < -0.3 is 14.1 Å². The van der Waals surface area contributed by atoms with Gasteiger partial charge in [0.15, 0.2) is 23.7 Å². The van der Waals surface area contributed by atoms with Crippen molar-refractivity contribution in [3.8, 4) is 23.1 Å². The van der Waals surface area contributed by atoms with Gasteiger partial charge in [0.1, 0.15) is 5.75 Å². The van der Waals surface area contributed by atoms with Crippen LogP contribution in [0, 0.1) is 0 Å². The van der Waals surface area contributed by atoms with Crippen LogP contribution in [0.5, 0.6) is 11.5 Å². The minimum Gasteiger partial charge on any atom is -0.449 e. The monoisotopic (exact) mass is 475 g/mol. The molecule has 15 heteroatoms. The average molecular weight is 476 g/mol. The Balaban J connectivity index is 2.20. The quantitative estimate of drug-likeness (QED) is 0.501. The van der Waals surface area contributed by atoms with Crippen LogP contribution in [-0.2, 0) is 12.1 Å². The summed E-state index contributed by atoms with van der Waals surface area (Å²) < 4.78 is 115. The highest BCUT2D eigenvalue weighted by molar-refractivity contribution is 6.31. The first-order chi connectivity index (χ1) is 14.2. The molecule has 0 aliphatic rings. The Kier molecular flexibility index (Phi) is 5.46. The zero-order valence-corrected chi connectivity index (χ0v) is 15.2. The number of rotatable bonds is 4. The first-order valence-electron chi connectivity index (χ1n) is 7.74. The van der Waals surface area contributed by atoms with Gasteiger partial charge in [0.2, 0.25) is 5.75 Å². The number of aromatic amines is 1. The fourth-order valence-corrected chi connectivity index (χ4v) is 2.48. The average Bonchev–Trinajstić information content (AvgIpc) is 3.17. The Morgan fingerprint density at radius 3 is 2.29 bits per heavy atom. The minimum atomic E-state index is -6.22. The number of halogens is 9. The van der Waals surface area contributed by atoms with Gasteiger partial charge in [-0.2, -0.15) is 35.1 Å². The van der Waals surface area contributed by atoms with Gasteiger partial charge in [-0.25, -0.2) is 9.97 Å². The van der Waals surface area contributed by atoms with Gasteiger partial charge in [-0.15, -0.1) is 0 Å². The van der Waals surface area contributed by atoms with E-state index in [-0.39, 0.29) is 6.07 Å². The van der Waals surface area contributed by atoms with Crippen LogP contribution in [0.2, 0.25) is 5.02 Å². The maximum atomic E-state index is 14.1. The van der Waals surface area contributed by atoms with Gasteiger partial charge in [0.05, 0.1) is 16.8 Å². The third kappa shape index (κ3) is 4.33. The van der Waals surface area contributed by atoms with Crippen molar-refractivity contribution < 1.29 is 44.3 Å². The van der Waals surface area contributed by atoms with E-state index >= 15 is 0 Å². The first-order valence-corrected chi connectivity index (χ1v) is 8.12. The summed E-state index contributed by atoms with van der Waals surface area (Å²) in [4.78, 5) is 20.6. The second-order valence-electron chi connectivity index (χ2n) is 5.77. The van der Waals surface area contributed by atoms with Gasteiger partial charge in [-0.05, 0) is 18.2 Å². The summed E-state index contributed by atoms with van der Waals surface area (Å²) in [7, 11) is 0. The number of alkyl halides is 8. The molecule has 0 saturated carbocycles. The molecule has 0 fully saturated rings. The van der Waals surface area contributed by atoms with E-state index < -0.39 is 63.2 Å². The Hall–Kier alpha value is -3.16. The van der Waals surface area contributed by atoms with Crippen LogP contribution >= 0.6 is 11.6 Å². The number of nitrogens with one attached hydrogen (secondary N) is 1. The minimum absolute atomic E-state index is 0.224. The van der Waals surface area contributed by atoms with Crippen LogP contribution in [0.1, 0.15) is 11.3 Å². The molecule has 2 heterocycles. The van der Waals surface area contributed by atoms with Crippen LogP contribution in [0.3, 0.4) is 0 Å². The molecule has 0 aliphatic heterocycles. The highest BCUT2D eigenvalue weighted by atomic mass is 35.5. The number of H-pyrrole nitrogens is 1. The normalized spacial score (nSPS) is 12.8. The van der Waals surface area contributed by atoms with Crippen molar-refractivity contribution in [1.82, 2.24) is 15.0 Å². The third-order valence-corrected chi connectivity index (χ3v) is 3.99. The SMILES string of the molecule is O=c1[nH]c(-c2cnco2)nc(C(F)(F)C(F)(F)F)c1Oc1ccc(Cl)c(C(F)(F)F)c1. The maximum absolute atomic E-state index is 14.1. The Labute approximate surface area is 170 Å². The largest absolute Gasteiger partial charge is 0.459 e. The predicted octanol–water partition coefficient (Wildman–Crippen LogP) is 5.54. The number of nitrogens with zero attached hydrogens (tertiary/aromatic N) is 2. The molecular weight excluding hydrogens is 470 g/mol. The standard InChI is InChI=1S/C16H6ClF8N3O3/c17-8-2-1-6(3-7(8)15(20,21)22)31-10-11(14(18,19)16(23,24)25)27-12(28-13(10)29)9-4-26-5-30-9/h1-5H,(H,27,28,29). The van der Waals surface area contributed by atoms with Crippen molar-refractivity contribution >= 4 is 11.6 Å². The molecule has 1 N–H and O–H groups in total. The summed E-state index contributed by atoms with van der Waals surface area (Å²) in [5.41, 5.74) is -5.32. The van der Waals surface area contributed by atoms with Crippen LogP contribution in [0.25, 0.3) is 11.6 Å². The lowest BCUT2D eigenvalue weighted by atomic mass is 10.2. The van der Waals surface area contributed by atoms with Crippen molar-refractivity contribution in [2.45, 2.75) is 18.3 Å². The molecule has 0 spiro atoms. The van der Waals surface area contributed by atoms with Gasteiger partial charge in [0.25, 0.3) is 5.56 Å². The second kappa shape index (κ2) is 7.51. The molecule has 31 heavy (non-hydrogen) atoms. The molecule has 0 aliphatic carbocycles. The predicted molar refractivity (Wildman–Crippen MR) is 86.8 cm³/mol. The van der Waals surface area contributed by atoms with Crippen molar-refractivity contribution in [3.63, 3.8) is 0 Å².